The Morgan fingerprint density at radius 1 is 1.08 bits per heavy atom. The van der Waals surface area contributed by atoms with Crippen LogP contribution in [0.25, 0.3) is 0 Å². The van der Waals surface area contributed by atoms with Gasteiger partial charge in [-0.05, 0) is 0 Å². The molecule has 2 atom stereocenters. The van der Waals surface area contributed by atoms with Gasteiger partial charge in [-0.3, -0.25) is 0 Å². The van der Waals surface area contributed by atoms with Gasteiger partial charge in [0.05, 0.1) is 11.5 Å². The Labute approximate surface area is 121 Å². The predicted molar refractivity (Wildman–Crippen MR) is 46.3 cm³/mol. The van der Waals surface area contributed by atoms with Crippen LogP contribution in [0.3, 0.4) is 0 Å². The second kappa shape index (κ2) is 4.73. The molecule has 1 aliphatic heterocycles. The molecular formula is C10H14OWY. The minimum atomic E-state index is -0.357. The first-order valence-electron chi connectivity index (χ1n) is 3.57. The predicted octanol–water partition coefficient (Wildman–Crippen LogP) is 2.72. The van der Waals surface area contributed by atoms with E-state index >= 15 is 0 Å². The molecular weight excluding hydrogens is 409 g/mol. The summed E-state index contributed by atoms with van der Waals surface area (Å²) in [6.07, 6.45) is 0. The van der Waals surface area contributed by atoms with E-state index in [1.165, 1.54) is 0 Å². The summed E-state index contributed by atoms with van der Waals surface area (Å²) < 4.78 is 5.28. The fraction of sp³-hybridized carbons (Fsp3) is 0.400. The Morgan fingerprint density at radius 2 is 1.31 bits per heavy atom. The van der Waals surface area contributed by atoms with Crippen molar-refractivity contribution in [3.05, 3.63) is 38.5 Å². The van der Waals surface area contributed by atoms with Crippen LogP contribution in [0.4, 0.5) is 0 Å². The van der Waals surface area contributed by atoms with Crippen LogP contribution in [0.15, 0.2) is 24.7 Å². The van der Waals surface area contributed by atoms with Crippen LogP contribution in [0, 0.1) is 24.7 Å². The summed E-state index contributed by atoms with van der Waals surface area (Å²) in [5, 5.41) is 0. The molecule has 1 rings (SSSR count). The van der Waals surface area contributed by atoms with Crippen LogP contribution in [0.1, 0.15) is 13.8 Å². The van der Waals surface area contributed by atoms with Gasteiger partial charge in [-0.1, -0.05) is 27.0 Å². The molecule has 1 fully saturated rings. The van der Waals surface area contributed by atoms with Crippen molar-refractivity contribution >= 4 is 0 Å². The first-order chi connectivity index (χ1) is 4.80. The van der Waals surface area contributed by atoms with E-state index < -0.39 is 0 Å². The van der Waals surface area contributed by atoms with Gasteiger partial charge in [0, 0.05) is 32.7 Å². The van der Waals surface area contributed by atoms with Gasteiger partial charge in [0.2, 0.25) is 0 Å². The van der Waals surface area contributed by atoms with E-state index in [-0.39, 0.29) is 64.6 Å². The van der Waals surface area contributed by atoms with Crippen LogP contribution in [-0.2, 0) is 58.5 Å². The van der Waals surface area contributed by atoms with Crippen molar-refractivity contribution in [2.45, 2.75) is 13.8 Å². The Balaban J connectivity index is 0. The van der Waals surface area contributed by atoms with E-state index in [2.05, 4.69) is 27.0 Å². The first kappa shape index (κ1) is 16.5. The maximum Gasteiger partial charge on any atom is 2.00 e. The van der Waals surface area contributed by atoms with Gasteiger partial charge in [-0.25, -0.2) is 0 Å². The van der Waals surface area contributed by atoms with Crippen molar-refractivity contribution in [3.63, 3.8) is 0 Å². The third-order valence-corrected chi connectivity index (χ3v) is 2.70. The molecule has 0 amide bonds. The van der Waals surface area contributed by atoms with Crippen molar-refractivity contribution in [1.29, 1.82) is 0 Å². The van der Waals surface area contributed by atoms with E-state index in [1.54, 1.807) is 0 Å². The molecule has 1 saturated heterocycles. The quantitative estimate of drug-likeness (QED) is 0.545. The Morgan fingerprint density at radius 3 is 1.38 bits per heavy atom. The molecule has 1 aliphatic rings. The van der Waals surface area contributed by atoms with Gasteiger partial charge in [-0.2, -0.15) is 0 Å². The molecule has 0 aliphatic carbocycles. The number of hydrogen-bond donors (Lipinski definition) is 0. The molecule has 0 N–H and O–H groups in total. The van der Waals surface area contributed by atoms with Crippen LogP contribution in [0.2, 0.25) is 0 Å². The zero-order chi connectivity index (χ0) is 8.86. The van der Waals surface area contributed by atoms with Gasteiger partial charge in [0.15, 0.2) is 0 Å². The fourth-order valence-electron chi connectivity index (χ4n) is 0.989. The summed E-state index contributed by atoms with van der Waals surface area (Å²) >= 11 is 0. The van der Waals surface area contributed by atoms with Gasteiger partial charge in [0.25, 0.3) is 0 Å². The number of rotatable bonds is 0. The Kier molecular flexibility index (Phi) is 6.00. The average Bonchev–Trinajstić information content (AvgIpc) is 1.95. The molecule has 13 heavy (non-hydrogen) atoms. The summed E-state index contributed by atoms with van der Waals surface area (Å²) in [4.78, 5) is 0. The van der Waals surface area contributed by atoms with E-state index in [0.717, 1.165) is 0 Å². The maximum atomic E-state index is 5.28. The summed E-state index contributed by atoms with van der Waals surface area (Å²) in [6.45, 7) is 19.5. The largest absolute Gasteiger partial charge is 2.00 e. The van der Waals surface area contributed by atoms with Crippen molar-refractivity contribution < 1.29 is 58.5 Å². The minimum Gasteiger partial charge on any atom is -0.472 e. The molecule has 1 radical (unpaired) electrons. The van der Waals surface area contributed by atoms with Gasteiger partial charge >= 0.3 is 21.1 Å². The molecule has 2 unspecified atom stereocenters. The third kappa shape index (κ3) is 2.36. The van der Waals surface area contributed by atoms with Crippen LogP contribution in [0.5, 0.6) is 0 Å². The minimum absolute atomic E-state index is 0. The molecule has 0 bridgehead atoms. The second-order valence-electron chi connectivity index (χ2n) is 3.61. The van der Waals surface area contributed by atoms with Gasteiger partial charge < -0.3 is 18.6 Å². The van der Waals surface area contributed by atoms with E-state index in [1.807, 2.05) is 13.8 Å². The van der Waals surface area contributed by atoms with Crippen molar-refractivity contribution in [2.24, 2.45) is 10.8 Å². The maximum absolute atomic E-state index is 5.28. The number of ether oxygens (including phenoxy) is 1. The van der Waals surface area contributed by atoms with Crippen molar-refractivity contribution in [3.8, 4) is 0 Å². The average molecular weight is 423 g/mol. The second-order valence-corrected chi connectivity index (χ2v) is 3.61. The molecule has 69 valence electrons. The molecule has 1 nitrogen and oxygen atoms in total. The standard InChI is InChI=1S/C10H14O.W.Y/c1-7-9(3,4)10(5,6)8(2)11-7;;/h1-3,5H2,4,6H3;;/q-2;+2;. The van der Waals surface area contributed by atoms with Crippen LogP contribution < -0.4 is 0 Å². The molecule has 3 heteroatoms. The van der Waals surface area contributed by atoms with Crippen LogP contribution >= 0.6 is 0 Å². The molecule has 0 saturated carbocycles. The first-order valence-corrected chi connectivity index (χ1v) is 3.57. The number of hydrogen-bond acceptors (Lipinski definition) is 1. The summed E-state index contributed by atoms with van der Waals surface area (Å²) in [6, 6.07) is 0. The molecule has 0 aromatic carbocycles. The van der Waals surface area contributed by atoms with Gasteiger partial charge in [-0.15, -0.1) is 10.8 Å². The third-order valence-electron chi connectivity index (χ3n) is 2.70. The molecule has 0 aromatic heterocycles. The van der Waals surface area contributed by atoms with E-state index in [0.29, 0.717) is 11.5 Å². The number of allylic oxidation sites excluding steroid dienone is 2. The molecule has 1 heterocycles. The van der Waals surface area contributed by atoms with Crippen molar-refractivity contribution in [1.82, 2.24) is 0 Å². The zero-order valence-corrected chi connectivity index (χ0v) is 14.0. The normalized spacial score (nSPS) is 37.5. The topological polar surface area (TPSA) is 9.23 Å². The molecule has 0 aromatic rings. The van der Waals surface area contributed by atoms with Crippen LogP contribution in [-0.4, -0.2) is 0 Å². The fourth-order valence-corrected chi connectivity index (χ4v) is 0.989. The van der Waals surface area contributed by atoms with Gasteiger partial charge in [0.1, 0.15) is 0 Å². The summed E-state index contributed by atoms with van der Waals surface area (Å²) in [5.74, 6) is 1.31. The monoisotopic (exact) mass is 423 g/mol. The van der Waals surface area contributed by atoms with E-state index in [9.17, 15) is 0 Å². The Bertz CT molecular complexity index is 207. The van der Waals surface area contributed by atoms with Crippen molar-refractivity contribution in [2.75, 3.05) is 0 Å². The molecule has 0 spiro atoms. The van der Waals surface area contributed by atoms with E-state index in [4.69, 9.17) is 4.74 Å². The summed E-state index contributed by atoms with van der Waals surface area (Å²) in [5.41, 5.74) is -0.714. The zero-order valence-electron chi connectivity index (χ0n) is 8.22. The SMILES string of the molecule is C=C1OC(=C)C([CH2-])(C)C1([CH2-])C.[W+2].[Y]. The summed E-state index contributed by atoms with van der Waals surface area (Å²) in [7, 11) is 0. The Hall–Kier alpha value is 1.07. The smallest absolute Gasteiger partial charge is 0.472 e.